The van der Waals surface area contributed by atoms with Gasteiger partial charge < -0.3 is 4.74 Å². The first-order valence-corrected chi connectivity index (χ1v) is 11.3. The van der Waals surface area contributed by atoms with Crippen molar-refractivity contribution in [1.29, 1.82) is 0 Å². The average molecular weight is 472 g/mol. The predicted molar refractivity (Wildman–Crippen MR) is 124 cm³/mol. The third-order valence-corrected chi connectivity index (χ3v) is 7.22. The summed E-state index contributed by atoms with van der Waals surface area (Å²) in [6.07, 6.45) is -0.988. The van der Waals surface area contributed by atoms with Crippen molar-refractivity contribution in [3.8, 4) is 0 Å². The van der Waals surface area contributed by atoms with Crippen molar-refractivity contribution < 1.29 is 23.9 Å². The van der Waals surface area contributed by atoms with E-state index >= 15 is 0 Å². The fourth-order valence-electron chi connectivity index (χ4n) is 5.45. The number of halogens is 1. The van der Waals surface area contributed by atoms with E-state index in [1.54, 1.807) is 72.8 Å². The number of imide groups is 1. The zero-order valence-corrected chi connectivity index (χ0v) is 18.8. The SMILES string of the molecule is Cc1ccc(N2C(=O)[C@H]3[C@@H](C2=O)C2(O[C@H]3c3cccc(Cl)c3)C(=O)c3ccccc3C2=O)cc1. The Balaban J connectivity index is 1.55. The highest BCUT2D eigenvalue weighted by molar-refractivity contribution is 6.37. The lowest BCUT2D eigenvalue weighted by atomic mass is 9.77. The molecule has 6 nitrogen and oxygen atoms in total. The van der Waals surface area contributed by atoms with Crippen molar-refractivity contribution in [3.63, 3.8) is 0 Å². The Morgan fingerprint density at radius 3 is 2.09 bits per heavy atom. The Hall–Kier alpha value is -3.61. The van der Waals surface area contributed by atoms with Crippen molar-refractivity contribution >= 4 is 40.7 Å². The van der Waals surface area contributed by atoms with Crippen molar-refractivity contribution in [3.05, 3.63) is 100 Å². The van der Waals surface area contributed by atoms with Gasteiger partial charge in [-0.3, -0.25) is 19.2 Å². The molecule has 2 aliphatic heterocycles. The second kappa shape index (κ2) is 7.19. The Morgan fingerprint density at radius 2 is 1.47 bits per heavy atom. The standard InChI is InChI=1S/C27H18ClNO5/c1-14-9-11-17(12-10-14)29-25(32)20-21(26(29)33)27(34-22(20)15-5-4-6-16(28)13-15)23(30)18-7-2-3-8-19(18)24(27)31/h2-13,20-22H,1H3/t20-,21-,22-/m0/s1. The van der Waals surface area contributed by atoms with Gasteiger partial charge in [0.15, 0.2) is 0 Å². The second-order valence-corrected chi connectivity index (χ2v) is 9.32. The molecule has 2 heterocycles. The number of carbonyl (C=O) groups excluding carboxylic acids is 4. The molecule has 0 bridgehead atoms. The highest BCUT2D eigenvalue weighted by Crippen LogP contribution is 2.57. The third-order valence-electron chi connectivity index (χ3n) is 6.99. The number of nitrogens with zero attached hydrogens (tertiary/aromatic N) is 1. The van der Waals surface area contributed by atoms with E-state index in [1.807, 2.05) is 6.92 Å². The number of amides is 2. The number of ketones is 2. The monoisotopic (exact) mass is 471 g/mol. The molecule has 0 aromatic heterocycles. The van der Waals surface area contributed by atoms with E-state index in [4.69, 9.17) is 16.3 Å². The van der Waals surface area contributed by atoms with Crippen molar-refractivity contribution in [2.24, 2.45) is 11.8 Å². The largest absolute Gasteiger partial charge is 0.349 e. The van der Waals surface area contributed by atoms with Crippen molar-refractivity contribution in [1.82, 2.24) is 0 Å². The van der Waals surface area contributed by atoms with E-state index in [2.05, 4.69) is 0 Å². The summed E-state index contributed by atoms with van der Waals surface area (Å²) in [7, 11) is 0. The lowest BCUT2D eigenvalue weighted by molar-refractivity contribution is -0.127. The van der Waals surface area contributed by atoms with Crippen LogP contribution in [0.25, 0.3) is 0 Å². The molecule has 2 fully saturated rings. The summed E-state index contributed by atoms with van der Waals surface area (Å²) in [5.74, 6) is -4.61. The molecule has 0 N–H and O–H groups in total. The van der Waals surface area contributed by atoms with Gasteiger partial charge >= 0.3 is 0 Å². The predicted octanol–water partition coefficient (Wildman–Crippen LogP) is 4.34. The van der Waals surface area contributed by atoms with Crippen LogP contribution in [0.2, 0.25) is 5.02 Å². The van der Waals surface area contributed by atoms with Gasteiger partial charge in [-0.25, -0.2) is 4.90 Å². The van der Waals surface area contributed by atoms with Crippen LogP contribution < -0.4 is 4.90 Å². The van der Waals surface area contributed by atoms with Crippen LogP contribution >= 0.6 is 11.6 Å². The van der Waals surface area contributed by atoms with Crippen LogP contribution in [0.5, 0.6) is 0 Å². The lowest BCUT2D eigenvalue weighted by Gasteiger charge is -2.27. The number of hydrogen-bond acceptors (Lipinski definition) is 5. The Kier molecular flexibility index (Phi) is 4.43. The minimum Gasteiger partial charge on any atom is -0.349 e. The van der Waals surface area contributed by atoms with Gasteiger partial charge in [0.25, 0.3) is 0 Å². The van der Waals surface area contributed by atoms with E-state index < -0.39 is 46.9 Å². The molecular formula is C27H18ClNO5. The average Bonchev–Trinajstić information content (AvgIpc) is 3.40. The summed E-state index contributed by atoms with van der Waals surface area (Å²) < 4.78 is 6.24. The molecule has 0 saturated carbocycles. The van der Waals surface area contributed by atoms with Gasteiger partial charge in [0.2, 0.25) is 29.0 Å². The topological polar surface area (TPSA) is 80.8 Å². The first-order chi connectivity index (χ1) is 16.3. The smallest absolute Gasteiger partial charge is 0.241 e. The van der Waals surface area contributed by atoms with Crippen LogP contribution in [-0.4, -0.2) is 29.0 Å². The van der Waals surface area contributed by atoms with Gasteiger partial charge in [0.05, 0.1) is 23.6 Å². The molecule has 7 heteroatoms. The summed E-state index contributed by atoms with van der Waals surface area (Å²) in [6, 6.07) is 20.1. The van der Waals surface area contributed by atoms with Gasteiger partial charge in [-0.05, 0) is 36.8 Å². The fraction of sp³-hybridized carbons (Fsp3) is 0.185. The minimum atomic E-state index is -2.09. The zero-order valence-electron chi connectivity index (χ0n) is 18.0. The summed E-state index contributed by atoms with van der Waals surface area (Å²) in [5, 5.41) is 0.415. The van der Waals surface area contributed by atoms with Crippen LogP contribution in [0, 0.1) is 18.8 Å². The van der Waals surface area contributed by atoms with E-state index in [0.717, 1.165) is 10.5 Å². The van der Waals surface area contributed by atoms with Crippen LogP contribution in [-0.2, 0) is 14.3 Å². The summed E-state index contributed by atoms with van der Waals surface area (Å²) >= 11 is 6.20. The molecule has 3 aromatic carbocycles. The first kappa shape index (κ1) is 21.0. The molecule has 0 radical (unpaired) electrons. The summed E-state index contributed by atoms with van der Waals surface area (Å²) in [4.78, 5) is 56.1. The number of hydrogen-bond donors (Lipinski definition) is 0. The maximum atomic E-state index is 13.8. The van der Waals surface area contributed by atoms with Gasteiger partial charge in [-0.1, -0.05) is 65.7 Å². The molecule has 2 amide bonds. The Labute approximate surface area is 200 Å². The maximum Gasteiger partial charge on any atom is 0.241 e. The van der Waals surface area contributed by atoms with Gasteiger partial charge in [-0.2, -0.15) is 0 Å². The lowest BCUT2D eigenvalue weighted by Crippen LogP contribution is -2.51. The van der Waals surface area contributed by atoms with Crippen LogP contribution in [0.1, 0.15) is 37.9 Å². The second-order valence-electron chi connectivity index (χ2n) is 8.88. The number of carbonyl (C=O) groups is 4. The number of benzene rings is 3. The van der Waals surface area contributed by atoms with Crippen LogP contribution in [0.4, 0.5) is 5.69 Å². The molecular weight excluding hydrogens is 454 g/mol. The van der Waals surface area contributed by atoms with Gasteiger partial charge in [0, 0.05) is 16.1 Å². The third kappa shape index (κ3) is 2.61. The molecule has 6 rings (SSSR count). The summed E-state index contributed by atoms with van der Waals surface area (Å²) in [5.41, 5.74) is 0.205. The number of anilines is 1. The minimum absolute atomic E-state index is 0.201. The van der Waals surface area contributed by atoms with E-state index in [1.165, 1.54) is 0 Å². The zero-order chi connectivity index (χ0) is 23.8. The number of Topliss-reactive ketones (excluding diaryl/α,β-unsaturated/α-hetero) is 2. The Bertz CT molecular complexity index is 1380. The molecule has 3 aromatic rings. The van der Waals surface area contributed by atoms with E-state index in [9.17, 15) is 19.2 Å². The quantitative estimate of drug-likeness (QED) is 0.410. The van der Waals surface area contributed by atoms with Crippen molar-refractivity contribution in [2.75, 3.05) is 4.90 Å². The van der Waals surface area contributed by atoms with Gasteiger partial charge in [0.1, 0.15) is 0 Å². The molecule has 3 atom stereocenters. The molecule has 34 heavy (non-hydrogen) atoms. The first-order valence-electron chi connectivity index (χ1n) is 10.9. The molecule has 1 aliphatic carbocycles. The van der Waals surface area contributed by atoms with E-state index in [-0.39, 0.29) is 11.1 Å². The Morgan fingerprint density at radius 1 is 0.824 bits per heavy atom. The molecule has 168 valence electrons. The maximum absolute atomic E-state index is 13.8. The highest BCUT2D eigenvalue weighted by atomic mass is 35.5. The number of fused-ring (bicyclic) bond motifs is 3. The van der Waals surface area contributed by atoms with Crippen LogP contribution in [0.15, 0.2) is 72.8 Å². The highest BCUT2D eigenvalue weighted by Gasteiger charge is 2.74. The van der Waals surface area contributed by atoms with Gasteiger partial charge in [-0.15, -0.1) is 0 Å². The number of aryl methyl sites for hydroxylation is 1. The molecule has 1 spiro atoms. The number of ether oxygens (including phenoxy) is 1. The number of rotatable bonds is 2. The fourth-order valence-corrected chi connectivity index (χ4v) is 5.65. The van der Waals surface area contributed by atoms with E-state index in [0.29, 0.717) is 16.3 Å². The summed E-state index contributed by atoms with van der Waals surface area (Å²) in [6.45, 7) is 1.90. The molecule has 3 aliphatic rings. The van der Waals surface area contributed by atoms with Crippen LogP contribution in [0.3, 0.4) is 0 Å². The molecule has 0 unspecified atom stereocenters. The normalized spacial score (nSPS) is 24.8. The van der Waals surface area contributed by atoms with Crippen molar-refractivity contribution in [2.45, 2.75) is 18.6 Å². The molecule has 2 saturated heterocycles.